The number of piperidine rings is 1. The highest BCUT2D eigenvalue weighted by molar-refractivity contribution is 5.79. The van der Waals surface area contributed by atoms with Gasteiger partial charge in [0.25, 0.3) is 0 Å². The van der Waals surface area contributed by atoms with E-state index >= 15 is 0 Å². The highest BCUT2D eigenvalue weighted by Gasteiger charge is 2.31. The van der Waals surface area contributed by atoms with Gasteiger partial charge in [0.1, 0.15) is 5.82 Å². The predicted octanol–water partition coefficient (Wildman–Crippen LogP) is 1.16. The molecule has 2 saturated heterocycles. The zero-order valence-corrected chi connectivity index (χ0v) is 11.4. The Balaban J connectivity index is 1.57. The number of nitrogens with zero attached hydrogens (tertiary/aromatic N) is 3. The second-order valence-electron chi connectivity index (χ2n) is 5.56. The van der Waals surface area contributed by atoms with Crippen molar-refractivity contribution in [2.75, 3.05) is 26.3 Å². The van der Waals surface area contributed by atoms with E-state index in [0.29, 0.717) is 12.5 Å². The van der Waals surface area contributed by atoms with Crippen LogP contribution in [0.2, 0.25) is 0 Å². The Morgan fingerprint density at radius 2 is 2.16 bits per heavy atom. The maximum Gasteiger partial charge on any atom is 0.228 e. The zero-order chi connectivity index (χ0) is 13.2. The van der Waals surface area contributed by atoms with Gasteiger partial charge < -0.3 is 14.2 Å². The number of ether oxygens (including phenoxy) is 1. The van der Waals surface area contributed by atoms with Crippen molar-refractivity contribution >= 4 is 5.91 Å². The maximum absolute atomic E-state index is 12.3. The second-order valence-corrected chi connectivity index (χ2v) is 5.56. The van der Waals surface area contributed by atoms with Gasteiger partial charge in [0, 0.05) is 45.1 Å². The Morgan fingerprint density at radius 1 is 1.37 bits per heavy atom. The van der Waals surface area contributed by atoms with Gasteiger partial charge in [0.2, 0.25) is 5.91 Å². The van der Waals surface area contributed by atoms with Crippen molar-refractivity contribution in [1.29, 1.82) is 0 Å². The average Bonchev–Trinajstić information content (AvgIpc) is 3.09. The summed E-state index contributed by atoms with van der Waals surface area (Å²) in [6.45, 7) is 3.05. The van der Waals surface area contributed by atoms with Crippen molar-refractivity contribution in [1.82, 2.24) is 14.5 Å². The lowest BCUT2D eigenvalue weighted by Crippen LogP contribution is -2.41. The van der Waals surface area contributed by atoms with Crippen LogP contribution in [0.3, 0.4) is 0 Å². The van der Waals surface area contributed by atoms with Gasteiger partial charge in [-0.05, 0) is 19.3 Å². The summed E-state index contributed by atoms with van der Waals surface area (Å²) in [6, 6.07) is 0. The van der Waals surface area contributed by atoms with E-state index in [2.05, 4.69) is 9.55 Å². The van der Waals surface area contributed by atoms with E-state index < -0.39 is 0 Å². The van der Waals surface area contributed by atoms with Crippen LogP contribution < -0.4 is 0 Å². The SMILES string of the molecule is Cn1ccnc1C1CCN(C(=O)[C@H]2CCOC2)CC1. The molecule has 2 fully saturated rings. The lowest BCUT2D eigenvalue weighted by molar-refractivity contribution is -0.136. The fourth-order valence-corrected chi connectivity index (χ4v) is 3.12. The van der Waals surface area contributed by atoms with Crippen LogP contribution in [0, 0.1) is 5.92 Å². The van der Waals surface area contributed by atoms with Crippen molar-refractivity contribution in [2.24, 2.45) is 13.0 Å². The Labute approximate surface area is 113 Å². The first-order valence-electron chi connectivity index (χ1n) is 7.09. The van der Waals surface area contributed by atoms with Crippen molar-refractivity contribution in [3.8, 4) is 0 Å². The van der Waals surface area contributed by atoms with E-state index in [1.54, 1.807) is 0 Å². The number of hydrogen-bond acceptors (Lipinski definition) is 3. The summed E-state index contributed by atoms with van der Waals surface area (Å²) < 4.78 is 7.39. The topological polar surface area (TPSA) is 47.4 Å². The molecule has 2 aliphatic rings. The molecule has 5 nitrogen and oxygen atoms in total. The summed E-state index contributed by atoms with van der Waals surface area (Å²) in [5, 5.41) is 0. The number of carbonyl (C=O) groups is 1. The van der Waals surface area contributed by atoms with Gasteiger partial charge in [-0.2, -0.15) is 0 Å². The molecule has 3 heterocycles. The molecule has 1 aromatic heterocycles. The number of hydrogen-bond donors (Lipinski definition) is 0. The largest absolute Gasteiger partial charge is 0.381 e. The van der Waals surface area contributed by atoms with Gasteiger partial charge in [-0.1, -0.05) is 0 Å². The second kappa shape index (κ2) is 5.33. The van der Waals surface area contributed by atoms with Gasteiger partial charge in [-0.15, -0.1) is 0 Å². The number of rotatable bonds is 2. The summed E-state index contributed by atoms with van der Waals surface area (Å²) in [6.07, 6.45) is 6.76. The number of imidazole rings is 1. The molecule has 5 heteroatoms. The van der Waals surface area contributed by atoms with Crippen LogP contribution in [0.15, 0.2) is 12.4 Å². The Hall–Kier alpha value is -1.36. The molecule has 1 amide bonds. The number of aromatic nitrogens is 2. The molecular weight excluding hydrogens is 242 g/mol. The minimum absolute atomic E-state index is 0.102. The number of aryl methyl sites for hydroxylation is 1. The first-order valence-corrected chi connectivity index (χ1v) is 7.09. The Kier molecular flexibility index (Phi) is 3.55. The molecule has 0 spiro atoms. The van der Waals surface area contributed by atoms with Crippen LogP contribution in [-0.4, -0.2) is 46.7 Å². The smallest absolute Gasteiger partial charge is 0.228 e. The van der Waals surface area contributed by atoms with E-state index in [1.807, 2.05) is 24.3 Å². The maximum atomic E-state index is 12.3. The van der Waals surface area contributed by atoms with Crippen molar-refractivity contribution in [3.05, 3.63) is 18.2 Å². The van der Waals surface area contributed by atoms with Gasteiger partial charge in [-0.25, -0.2) is 4.98 Å². The first kappa shape index (κ1) is 12.7. The van der Waals surface area contributed by atoms with E-state index in [4.69, 9.17) is 4.74 Å². The van der Waals surface area contributed by atoms with Gasteiger partial charge in [-0.3, -0.25) is 4.79 Å². The summed E-state index contributed by atoms with van der Waals surface area (Å²) in [4.78, 5) is 18.7. The molecule has 0 radical (unpaired) electrons. The van der Waals surface area contributed by atoms with Crippen molar-refractivity contribution in [2.45, 2.75) is 25.2 Å². The summed E-state index contributed by atoms with van der Waals surface area (Å²) in [5.41, 5.74) is 0. The molecule has 104 valence electrons. The lowest BCUT2D eigenvalue weighted by atomic mass is 9.94. The van der Waals surface area contributed by atoms with Crippen LogP contribution in [0.25, 0.3) is 0 Å². The third kappa shape index (κ3) is 2.52. The van der Waals surface area contributed by atoms with Crippen LogP contribution in [0.5, 0.6) is 0 Å². The van der Waals surface area contributed by atoms with E-state index in [1.165, 1.54) is 0 Å². The van der Waals surface area contributed by atoms with Gasteiger partial charge in [0.05, 0.1) is 12.5 Å². The Morgan fingerprint density at radius 3 is 2.74 bits per heavy atom. The third-order valence-electron chi connectivity index (χ3n) is 4.31. The summed E-state index contributed by atoms with van der Waals surface area (Å²) >= 11 is 0. The predicted molar refractivity (Wildman–Crippen MR) is 70.7 cm³/mol. The molecular formula is C14H21N3O2. The molecule has 2 aliphatic heterocycles. The van der Waals surface area contributed by atoms with Crippen LogP contribution in [0.1, 0.15) is 31.0 Å². The number of amides is 1. The highest BCUT2D eigenvalue weighted by Crippen LogP contribution is 2.28. The molecule has 0 aliphatic carbocycles. The van der Waals surface area contributed by atoms with E-state index in [-0.39, 0.29) is 11.8 Å². The van der Waals surface area contributed by atoms with Crippen molar-refractivity contribution < 1.29 is 9.53 Å². The molecule has 0 bridgehead atoms. The minimum atomic E-state index is 0.102. The molecule has 3 rings (SSSR count). The molecule has 19 heavy (non-hydrogen) atoms. The van der Waals surface area contributed by atoms with Crippen LogP contribution >= 0.6 is 0 Å². The molecule has 1 aromatic rings. The summed E-state index contributed by atoms with van der Waals surface area (Å²) in [5.74, 6) is 2.03. The highest BCUT2D eigenvalue weighted by atomic mass is 16.5. The first-order chi connectivity index (χ1) is 9.25. The third-order valence-corrected chi connectivity index (χ3v) is 4.31. The molecule has 0 aromatic carbocycles. The van der Waals surface area contributed by atoms with Crippen LogP contribution in [-0.2, 0) is 16.6 Å². The van der Waals surface area contributed by atoms with Gasteiger partial charge in [0.15, 0.2) is 0 Å². The van der Waals surface area contributed by atoms with Gasteiger partial charge >= 0.3 is 0 Å². The van der Waals surface area contributed by atoms with E-state index in [9.17, 15) is 4.79 Å². The lowest BCUT2D eigenvalue weighted by Gasteiger charge is -2.33. The fraction of sp³-hybridized carbons (Fsp3) is 0.714. The standard InChI is InChI=1S/C14H21N3O2/c1-16-8-5-15-13(16)11-2-6-17(7-3-11)14(18)12-4-9-19-10-12/h5,8,11-12H,2-4,6-7,9-10H2,1H3/t12-/m0/s1. The summed E-state index contributed by atoms with van der Waals surface area (Å²) in [7, 11) is 2.04. The van der Waals surface area contributed by atoms with E-state index in [0.717, 1.165) is 44.8 Å². The zero-order valence-electron chi connectivity index (χ0n) is 11.4. The van der Waals surface area contributed by atoms with Crippen LogP contribution in [0.4, 0.5) is 0 Å². The number of carbonyl (C=O) groups excluding carboxylic acids is 1. The monoisotopic (exact) mass is 263 g/mol. The quantitative estimate of drug-likeness (QED) is 0.804. The molecule has 0 saturated carbocycles. The minimum Gasteiger partial charge on any atom is -0.381 e. The average molecular weight is 263 g/mol. The number of likely N-dealkylation sites (tertiary alicyclic amines) is 1. The molecule has 0 N–H and O–H groups in total. The molecule has 0 unspecified atom stereocenters. The fourth-order valence-electron chi connectivity index (χ4n) is 3.12. The normalized spacial score (nSPS) is 24.9. The molecule has 1 atom stereocenters. The van der Waals surface area contributed by atoms with Crippen molar-refractivity contribution in [3.63, 3.8) is 0 Å². The Bertz CT molecular complexity index is 443.